The minimum absolute atomic E-state index is 0.0196. The number of rotatable bonds is 7. The number of aliphatic hydroxyl groups excluding tert-OH is 1. The molecule has 3 aromatic carbocycles. The first-order valence-corrected chi connectivity index (χ1v) is 13.4. The summed E-state index contributed by atoms with van der Waals surface area (Å²) in [5, 5.41) is 11.6. The number of ketones is 1. The summed E-state index contributed by atoms with van der Waals surface area (Å²) in [6.45, 7) is 11.9. The molecule has 3 aromatic rings. The first kappa shape index (κ1) is 28.6. The molecule has 1 aliphatic heterocycles. The second kappa shape index (κ2) is 11.4. The monoisotopic (exact) mass is 541 g/mol. The van der Waals surface area contributed by atoms with E-state index in [0.717, 1.165) is 17.5 Å². The molecule has 0 saturated carbocycles. The number of carbonyl (C=O) groups is 3. The number of hydrogen-bond donors (Lipinski definition) is 1. The molecule has 4 rings (SSSR count). The zero-order valence-electron chi connectivity index (χ0n) is 23.8. The highest BCUT2D eigenvalue weighted by Gasteiger charge is 2.47. The van der Waals surface area contributed by atoms with Crippen LogP contribution in [0.25, 0.3) is 5.76 Å². The molecule has 7 heteroatoms. The second-order valence-corrected chi connectivity index (χ2v) is 10.7. The summed E-state index contributed by atoms with van der Waals surface area (Å²) >= 11 is 0. The van der Waals surface area contributed by atoms with Crippen molar-refractivity contribution in [2.75, 3.05) is 11.5 Å². The fourth-order valence-electron chi connectivity index (χ4n) is 4.89. The SMILES string of the molecule is CCOc1ccc(/C(O)=C2/C(=O)C(=O)N(c3ccc(CC)cc3)C2c2ccc(OC(C)=O)cc2)cc1C(C)(C)C. The first-order chi connectivity index (χ1) is 19.0. The molecule has 1 atom stereocenters. The number of nitrogens with zero attached hydrogens (tertiary/aromatic N) is 1. The Kier molecular flexibility index (Phi) is 8.14. The molecule has 208 valence electrons. The number of benzene rings is 3. The molecule has 1 N–H and O–H groups in total. The summed E-state index contributed by atoms with van der Waals surface area (Å²) in [4.78, 5) is 39.9. The van der Waals surface area contributed by atoms with Gasteiger partial charge in [0.2, 0.25) is 0 Å². The Morgan fingerprint density at radius 2 is 1.60 bits per heavy atom. The van der Waals surface area contributed by atoms with Crippen LogP contribution in [0.15, 0.2) is 72.3 Å². The van der Waals surface area contributed by atoms with E-state index in [1.807, 2.05) is 52.8 Å². The topological polar surface area (TPSA) is 93.1 Å². The number of aryl methyl sites for hydroxylation is 1. The Bertz CT molecular complexity index is 1460. The van der Waals surface area contributed by atoms with Crippen LogP contribution in [0.3, 0.4) is 0 Å². The average Bonchev–Trinajstić information content (AvgIpc) is 3.18. The van der Waals surface area contributed by atoms with Crippen LogP contribution >= 0.6 is 0 Å². The Hall–Kier alpha value is -4.39. The summed E-state index contributed by atoms with van der Waals surface area (Å²) in [7, 11) is 0. The molecule has 40 heavy (non-hydrogen) atoms. The Morgan fingerprint density at radius 3 is 2.15 bits per heavy atom. The van der Waals surface area contributed by atoms with E-state index < -0.39 is 23.7 Å². The van der Waals surface area contributed by atoms with Gasteiger partial charge in [0.1, 0.15) is 17.3 Å². The lowest BCUT2D eigenvalue weighted by Gasteiger charge is -2.26. The molecule has 1 amide bonds. The molecule has 1 aliphatic rings. The van der Waals surface area contributed by atoms with Crippen molar-refractivity contribution >= 4 is 29.1 Å². The molecule has 1 unspecified atom stereocenters. The zero-order chi connectivity index (χ0) is 29.2. The normalized spacial score (nSPS) is 16.8. The van der Waals surface area contributed by atoms with Crippen LogP contribution < -0.4 is 14.4 Å². The number of ether oxygens (including phenoxy) is 2. The number of anilines is 1. The predicted octanol–water partition coefficient (Wildman–Crippen LogP) is 6.50. The predicted molar refractivity (Wildman–Crippen MR) is 155 cm³/mol. The van der Waals surface area contributed by atoms with Gasteiger partial charge in [0.05, 0.1) is 18.2 Å². The third kappa shape index (κ3) is 5.64. The van der Waals surface area contributed by atoms with Gasteiger partial charge in [-0.3, -0.25) is 19.3 Å². The quantitative estimate of drug-likeness (QED) is 0.121. The van der Waals surface area contributed by atoms with Gasteiger partial charge in [-0.25, -0.2) is 0 Å². The van der Waals surface area contributed by atoms with Gasteiger partial charge in [-0.05, 0) is 72.4 Å². The van der Waals surface area contributed by atoms with Gasteiger partial charge in [-0.1, -0.05) is 52.0 Å². The van der Waals surface area contributed by atoms with E-state index in [-0.39, 0.29) is 16.7 Å². The number of aliphatic hydroxyl groups is 1. The van der Waals surface area contributed by atoms with E-state index >= 15 is 0 Å². The summed E-state index contributed by atoms with van der Waals surface area (Å²) in [5.41, 5.74) is 3.16. The molecule has 1 fully saturated rings. The first-order valence-electron chi connectivity index (χ1n) is 13.4. The van der Waals surface area contributed by atoms with Gasteiger partial charge in [0, 0.05) is 23.7 Å². The van der Waals surface area contributed by atoms with Crippen LogP contribution in [0.1, 0.15) is 69.8 Å². The summed E-state index contributed by atoms with van der Waals surface area (Å²) in [6.07, 6.45) is 0.827. The largest absolute Gasteiger partial charge is 0.507 e. The van der Waals surface area contributed by atoms with Crippen molar-refractivity contribution in [2.45, 2.75) is 59.4 Å². The Labute approximate surface area is 235 Å². The molecule has 0 bridgehead atoms. The highest BCUT2D eigenvalue weighted by Crippen LogP contribution is 2.43. The zero-order valence-corrected chi connectivity index (χ0v) is 23.8. The maximum atomic E-state index is 13.6. The van der Waals surface area contributed by atoms with Crippen molar-refractivity contribution in [3.8, 4) is 11.5 Å². The highest BCUT2D eigenvalue weighted by atomic mass is 16.5. The molecule has 0 aliphatic carbocycles. The summed E-state index contributed by atoms with van der Waals surface area (Å²) in [6, 6.07) is 18.4. The minimum atomic E-state index is -0.900. The van der Waals surface area contributed by atoms with Gasteiger partial charge in [-0.2, -0.15) is 0 Å². The average molecular weight is 542 g/mol. The van der Waals surface area contributed by atoms with Crippen molar-refractivity contribution < 1.29 is 29.0 Å². The van der Waals surface area contributed by atoms with Gasteiger partial charge in [-0.15, -0.1) is 0 Å². The van der Waals surface area contributed by atoms with E-state index in [2.05, 4.69) is 0 Å². The molecule has 0 aromatic heterocycles. The van der Waals surface area contributed by atoms with Crippen LogP contribution in [-0.2, 0) is 26.2 Å². The third-order valence-corrected chi connectivity index (χ3v) is 6.89. The molecule has 7 nitrogen and oxygen atoms in total. The number of hydrogen-bond acceptors (Lipinski definition) is 6. The van der Waals surface area contributed by atoms with Crippen molar-refractivity contribution in [1.29, 1.82) is 0 Å². The van der Waals surface area contributed by atoms with E-state index in [1.54, 1.807) is 48.5 Å². The van der Waals surface area contributed by atoms with Crippen molar-refractivity contribution in [2.24, 2.45) is 0 Å². The fourth-order valence-corrected chi connectivity index (χ4v) is 4.89. The van der Waals surface area contributed by atoms with E-state index in [1.165, 1.54) is 11.8 Å². The lowest BCUT2D eigenvalue weighted by molar-refractivity contribution is -0.132. The molecule has 0 spiro atoms. The molecule has 0 radical (unpaired) electrons. The Balaban J connectivity index is 1.91. The lowest BCUT2D eigenvalue weighted by Crippen LogP contribution is -2.29. The third-order valence-electron chi connectivity index (χ3n) is 6.89. The van der Waals surface area contributed by atoms with E-state index in [4.69, 9.17) is 9.47 Å². The highest BCUT2D eigenvalue weighted by molar-refractivity contribution is 6.51. The van der Waals surface area contributed by atoms with Crippen LogP contribution in [0.5, 0.6) is 11.5 Å². The summed E-state index contributed by atoms with van der Waals surface area (Å²) in [5.74, 6) is -1.21. The van der Waals surface area contributed by atoms with Gasteiger partial charge >= 0.3 is 5.97 Å². The lowest BCUT2D eigenvalue weighted by atomic mass is 9.84. The molecular formula is C33H35NO6. The maximum absolute atomic E-state index is 13.6. The van der Waals surface area contributed by atoms with Gasteiger partial charge < -0.3 is 14.6 Å². The minimum Gasteiger partial charge on any atom is -0.507 e. The smallest absolute Gasteiger partial charge is 0.308 e. The molecule has 1 saturated heterocycles. The van der Waals surface area contributed by atoms with Gasteiger partial charge in [0.25, 0.3) is 11.7 Å². The van der Waals surface area contributed by atoms with Crippen molar-refractivity contribution in [3.05, 3.63) is 94.6 Å². The fraction of sp³-hybridized carbons (Fsp3) is 0.303. The van der Waals surface area contributed by atoms with Crippen molar-refractivity contribution in [1.82, 2.24) is 0 Å². The Morgan fingerprint density at radius 1 is 0.950 bits per heavy atom. The van der Waals surface area contributed by atoms with E-state index in [9.17, 15) is 19.5 Å². The molecule has 1 heterocycles. The number of carbonyl (C=O) groups excluding carboxylic acids is 3. The maximum Gasteiger partial charge on any atom is 0.308 e. The number of esters is 1. The van der Waals surface area contributed by atoms with Crippen molar-refractivity contribution in [3.63, 3.8) is 0 Å². The number of Topliss-reactive ketones (excluding diaryl/α,β-unsaturated/α-hetero) is 1. The van der Waals surface area contributed by atoms with E-state index in [0.29, 0.717) is 34.9 Å². The van der Waals surface area contributed by atoms with Gasteiger partial charge in [0.15, 0.2) is 0 Å². The standard InChI is InChI=1S/C33H35NO6/c1-7-21-9-14-24(15-10-21)34-29(22-11-16-25(17-12-22)40-20(3)35)28(31(37)32(34)38)30(36)23-13-18-27(39-8-2)26(19-23)33(4,5)6/h9-19,29,36H,7-8H2,1-6H3/b30-28-. The molecular weight excluding hydrogens is 506 g/mol. The number of amides is 1. The van der Waals surface area contributed by atoms with Crippen LogP contribution in [-0.4, -0.2) is 29.4 Å². The second-order valence-electron chi connectivity index (χ2n) is 10.7. The van der Waals surface area contributed by atoms with Crippen LogP contribution in [0.2, 0.25) is 0 Å². The van der Waals surface area contributed by atoms with Crippen LogP contribution in [0, 0.1) is 0 Å². The van der Waals surface area contributed by atoms with Crippen LogP contribution in [0.4, 0.5) is 5.69 Å². The summed E-state index contributed by atoms with van der Waals surface area (Å²) < 4.78 is 11.0.